The summed E-state index contributed by atoms with van der Waals surface area (Å²) in [6.45, 7) is 2.65. The Kier molecular flexibility index (Phi) is 3.67. The van der Waals surface area contributed by atoms with Crippen LogP contribution in [0.5, 0.6) is 5.75 Å². The topological polar surface area (TPSA) is 29.5 Å². The number of methoxy groups -OCH3 is 1. The zero-order valence-electron chi connectivity index (χ0n) is 10.5. The Morgan fingerprint density at radius 3 is 2.47 bits per heavy atom. The van der Waals surface area contributed by atoms with Crippen LogP contribution in [0, 0.1) is 0 Å². The Hall–Kier alpha value is -1.51. The molecular formula is C14H19NO2. The summed E-state index contributed by atoms with van der Waals surface area (Å²) in [6.07, 6.45) is 2.90. The summed E-state index contributed by atoms with van der Waals surface area (Å²) < 4.78 is 5.12. The zero-order valence-corrected chi connectivity index (χ0v) is 10.5. The number of carbonyl (C=O) groups is 1. The number of rotatable bonds is 5. The van der Waals surface area contributed by atoms with Crippen molar-refractivity contribution < 1.29 is 9.53 Å². The van der Waals surface area contributed by atoms with E-state index < -0.39 is 0 Å². The lowest BCUT2D eigenvalue weighted by Gasteiger charge is -2.22. The van der Waals surface area contributed by atoms with Gasteiger partial charge in [-0.1, -0.05) is 19.1 Å². The fourth-order valence-electron chi connectivity index (χ4n) is 1.94. The maximum atomic E-state index is 11.8. The molecule has 0 heterocycles. The molecule has 0 radical (unpaired) electrons. The van der Waals surface area contributed by atoms with Gasteiger partial charge in [-0.15, -0.1) is 0 Å². The van der Waals surface area contributed by atoms with E-state index in [9.17, 15) is 4.79 Å². The lowest BCUT2D eigenvalue weighted by molar-refractivity contribution is -0.132. The van der Waals surface area contributed by atoms with Crippen molar-refractivity contribution in [1.29, 1.82) is 0 Å². The molecule has 1 saturated carbocycles. The fourth-order valence-corrected chi connectivity index (χ4v) is 1.94. The molecule has 1 aliphatic rings. The van der Waals surface area contributed by atoms with Gasteiger partial charge in [-0.25, -0.2) is 0 Å². The Morgan fingerprint density at radius 1 is 1.35 bits per heavy atom. The molecule has 0 aliphatic heterocycles. The molecule has 1 aliphatic carbocycles. The second-order valence-electron chi connectivity index (χ2n) is 4.45. The first kappa shape index (κ1) is 12.0. The predicted octanol–water partition coefficient (Wildman–Crippen LogP) is 2.60. The summed E-state index contributed by atoms with van der Waals surface area (Å²) in [6, 6.07) is 8.41. The molecule has 2 rings (SSSR count). The van der Waals surface area contributed by atoms with Gasteiger partial charge in [-0.05, 0) is 30.5 Å². The highest BCUT2D eigenvalue weighted by Crippen LogP contribution is 2.29. The van der Waals surface area contributed by atoms with Gasteiger partial charge in [0.05, 0.1) is 7.11 Å². The lowest BCUT2D eigenvalue weighted by atomic mass is 10.2. The Bertz CT molecular complexity index is 382. The molecule has 1 amide bonds. The van der Waals surface area contributed by atoms with E-state index in [4.69, 9.17) is 4.74 Å². The second-order valence-corrected chi connectivity index (χ2v) is 4.45. The Labute approximate surface area is 102 Å². The zero-order chi connectivity index (χ0) is 12.3. The molecule has 3 heteroatoms. The minimum absolute atomic E-state index is 0.253. The first-order chi connectivity index (χ1) is 8.24. The summed E-state index contributed by atoms with van der Waals surface area (Å²) in [5.74, 6) is 1.11. The van der Waals surface area contributed by atoms with Crippen LogP contribution < -0.4 is 4.74 Å². The van der Waals surface area contributed by atoms with Gasteiger partial charge in [0, 0.05) is 19.0 Å². The number of amides is 1. The standard InChI is InChI=1S/C14H19NO2/c1-3-14(16)15(12-6-7-12)10-11-4-8-13(17-2)9-5-11/h4-5,8-9,12H,3,6-7,10H2,1-2H3. The number of ether oxygens (including phenoxy) is 1. The second kappa shape index (κ2) is 5.21. The van der Waals surface area contributed by atoms with Crippen molar-refractivity contribution in [2.45, 2.75) is 38.8 Å². The largest absolute Gasteiger partial charge is 0.497 e. The highest BCUT2D eigenvalue weighted by Gasteiger charge is 2.31. The Morgan fingerprint density at radius 2 is 2.00 bits per heavy atom. The molecule has 1 fully saturated rings. The van der Waals surface area contributed by atoms with Crippen molar-refractivity contribution in [3.05, 3.63) is 29.8 Å². The van der Waals surface area contributed by atoms with Crippen LogP contribution in [0.25, 0.3) is 0 Å². The minimum Gasteiger partial charge on any atom is -0.497 e. The van der Waals surface area contributed by atoms with Gasteiger partial charge in [0.15, 0.2) is 0 Å². The van der Waals surface area contributed by atoms with Gasteiger partial charge in [0.2, 0.25) is 5.91 Å². The van der Waals surface area contributed by atoms with E-state index in [1.54, 1.807) is 7.11 Å². The van der Waals surface area contributed by atoms with Crippen molar-refractivity contribution in [2.24, 2.45) is 0 Å². The van der Waals surface area contributed by atoms with Crippen molar-refractivity contribution >= 4 is 5.91 Å². The molecule has 1 aromatic rings. The van der Waals surface area contributed by atoms with Crippen molar-refractivity contribution in [3.8, 4) is 5.75 Å². The molecule has 17 heavy (non-hydrogen) atoms. The molecule has 0 atom stereocenters. The van der Waals surface area contributed by atoms with E-state index in [1.807, 2.05) is 36.1 Å². The maximum absolute atomic E-state index is 11.8. The third-order valence-electron chi connectivity index (χ3n) is 3.12. The molecule has 0 N–H and O–H groups in total. The van der Waals surface area contributed by atoms with E-state index in [2.05, 4.69) is 0 Å². The number of carbonyl (C=O) groups excluding carboxylic acids is 1. The molecular weight excluding hydrogens is 214 g/mol. The highest BCUT2D eigenvalue weighted by atomic mass is 16.5. The number of hydrogen-bond donors (Lipinski definition) is 0. The average Bonchev–Trinajstić information content (AvgIpc) is 3.20. The van der Waals surface area contributed by atoms with Crippen LogP contribution in [0.4, 0.5) is 0 Å². The van der Waals surface area contributed by atoms with Crippen molar-refractivity contribution in [2.75, 3.05) is 7.11 Å². The molecule has 0 bridgehead atoms. The molecule has 0 spiro atoms. The van der Waals surface area contributed by atoms with Crippen LogP contribution in [0.15, 0.2) is 24.3 Å². The highest BCUT2D eigenvalue weighted by molar-refractivity contribution is 5.76. The van der Waals surface area contributed by atoms with Crippen LogP contribution in [0.3, 0.4) is 0 Å². The summed E-state index contributed by atoms with van der Waals surface area (Å²) in [5, 5.41) is 0. The molecule has 3 nitrogen and oxygen atoms in total. The van der Waals surface area contributed by atoms with E-state index in [1.165, 1.54) is 5.56 Å². The fraction of sp³-hybridized carbons (Fsp3) is 0.500. The van der Waals surface area contributed by atoms with Gasteiger partial charge < -0.3 is 9.64 Å². The molecule has 0 unspecified atom stereocenters. The average molecular weight is 233 g/mol. The molecule has 0 saturated heterocycles. The monoisotopic (exact) mass is 233 g/mol. The van der Waals surface area contributed by atoms with E-state index >= 15 is 0 Å². The third kappa shape index (κ3) is 2.99. The van der Waals surface area contributed by atoms with Crippen LogP contribution in [0.1, 0.15) is 31.7 Å². The molecule has 92 valence electrons. The van der Waals surface area contributed by atoms with Gasteiger partial charge in [-0.2, -0.15) is 0 Å². The van der Waals surface area contributed by atoms with Gasteiger partial charge >= 0.3 is 0 Å². The normalized spacial score (nSPS) is 14.5. The number of nitrogens with zero attached hydrogens (tertiary/aromatic N) is 1. The SMILES string of the molecule is CCC(=O)N(Cc1ccc(OC)cc1)C1CC1. The van der Waals surface area contributed by atoms with Gasteiger partial charge in [-0.3, -0.25) is 4.79 Å². The molecule has 1 aromatic carbocycles. The van der Waals surface area contributed by atoms with Crippen LogP contribution >= 0.6 is 0 Å². The first-order valence-electron chi connectivity index (χ1n) is 6.17. The number of hydrogen-bond acceptors (Lipinski definition) is 2. The van der Waals surface area contributed by atoms with Gasteiger partial charge in [0.1, 0.15) is 5.75 Å². The van der Waals surface area contributed by atoms with Crippen LogP contribution in [0.2, 0.25) is 0 Å². The summed E-state index contributed by atoms with van der Waals surface area (Å²) in [4.78, 5) is 13.8. The quantitative estimate of drug-likeness (QED) is 0.782. The predicted molar refractivity (Wildman–Crippen MR) is 66.9 cm³/mol. The maximum Gasteiger partial charge on any atom is 0.222 e. The number of benzene rings is 1. The summed E-state index contributed by atoms with van der Waals surface area (Å²) in [5.41, 5.74) is 1.17. The third-order valence-corrected chi connectivity index (χ3v) is 3.12. The van der Waals surface area contributed by atoms with Crippen molar-refractivity contribution in [3.63, 3.8) is 0 Å². The summed E-state index contributed by atoms with van der Waals surface area (Å²) >= 11 is 0. The Balaban J connectivity index is 2.03. The summed E-state index contributed by atoms with van der Waals surface area (Å²) in [7, 11) is 1.66. The van der Waals surface area contributed by atoms with Crippen molar-refractivity contribution in [1.82, 2.24) is 4.90 Å². The van der Waals surface area contributed by atoms with Crippen LogP contribution in [-0.4, -0.2) is 24.0 Å². The van der Waals surface area contributed by atoms with Gasteiger partial charge in [0.25, 0.3) is 0 Å². The van der Waals surface area contributed by atoms with E-state index in [0.29, 0.717) is 12.5 Å². The molecule has 0 aromatic heterocycles. The first-order valence-corrected chi connectivity index (χ1v) is 6.17. The van der Waals surface area contributed by atoms with Crippen LogP contribution in [-0.2, 0) is 11.3 Å². The van der Waals surface area contributed by atoms with E-state index in [-0.39, 0.29) is 5.91 Å². The minimum atomic E-state index is 0.253. The lowest BCUT2D eigenvalue weighted by Crippen LogP contribution is -2.31. The smallest absolute Gasteiger partial charge is 0.222 e. The van der Waals surface area contributed by atoms with E-state index in [0.717, 1.165) is 25.1 Å².